The van der Waals surface area contributed by atoms with Crippen LogP contribution in [0.3, 0.4) is 0 Å². The van der Waals surface area contributed by atoms with E-state index in [0.717, 1.165) is 22.0 Å². The van der Waals surface area contributed by atoms with Gasteiger partial charge in [-0.3, -0.25) is 4.79 Å². The maximum atomic E-state index is 13.3. The highest BCUT2D eigenvalue weighted by molar-refractivity contribution is 6.33. The number of urea groups is 1. The third-order valence-electron chi connectivity index (χ3n) is 5.65. The Morgan fingerprint density at radius 1 is 1.03 bits per heavy atom. The molecule has 0 saturated heterocycles. The highest BCUT2D eigenvalue weighted by Crippen LogP contribution is 2.33. The van der Waals surface area contributed by atoms with Gasteiger partial charge in [0, 0.05) is 17.6 Å². The summed E-state index contributed by atoms with van der Waals surface area (Å²) in [6.45, 7) is 2.51. The van der Waals surface area contributed by atoms with Crippen molar-refractivity contribution in [2.24, 2.45) is 0 Å². The number of fused-ring (bicyclic) bond motifs is 2. The predicted octanol–water partition coefficient (Wildman–Crippen LogP) is 5.45. The molecule has 1 aromatic heterocycles. The van der Waals surface area contributed by atoms with Gasteiger partial charge in [-0.1, -0.05) is 41.4 Å². The number of aromatic nitrogens is 1. The summed E-state index contributed by atoms with van der Waals surface area (Å²) in [5, 5.41) is 4.19. The van der Waals surface area contributed by atoms with Crippen LogP contribution in [0.25, 0.3) is 10.9 Å². The molecular formula is C26H22ClN3O4. The second-order valence-electron chi connectivity index (χ2n) is 8.17. The van der Waals surface area contributed by atoms with Gasteiger partial charge < -0.3 is 24.7 Å². The van der Waals surface area contributed by atoms with Crippen LogP contribution in [0.15, 0.2) is 71.5 Å². The molecule has 0 unspecified atom stereocenters. The van der Waals surface area contributed by atoms with E-state index < -0.39 is 0 Å². The molecule has 0 spiro atoms. The Labute approximate surface area is 200 Å². The van der Waals surface area contributed by atoms with Crippen molar-refractivity contribution in [3.63, 3.8) is 0 Å². The molecule has 0 saturated carbocycles. The zero-order chi connectivity index (χ0) is 23.7. The molecule has 172 valence electrons. The Balaban J connectivity index is 1.47. The molecule has 1 aliphatic rings. The minimum absolute atomic E-state index is 0.101. The maximum Gasteiger partial charge on any atom is 0.322 e. The number of H-pyrrole nitrogens is 1. The second-order valence-corrected chi connectivity index (χ2v) is 8.58. The molecule has 1 aliphatic heterocycles. The van der Waals surface area contributed by atoms with Gasteiger partial charge in [-0.2, -0.15) is 0 Å². The predicted molar refractivity (Wildman–Crippen MR) is 132 cm³/mol. The van der Waals surface area contributed by atoms with E-state index in [2.05, 4.69) is 10.3 Å². The van der Waals surface area contributed by atoms with Crippen molar-refractivity contribution in [1.82, 2.24) is 9.88 Å². The molecule has 2 heterocycles. The van der Waals surface area contributed by atoms with Crippen LogP contribution < -0.4 is 20.3 Å². The lowest BCUT2D eigenvalue weighted by Gasteiger charge is -2.24. The van der Waals surface area contributed by atoms with Crippen LogP contribution in [-0.2, 0) is 13.1 Å². The number of nitrogens with one attached hydrogen (secondary N) is 2. The van der Waals surface area contributed by atoms with Crippen molar-refractivity contribution in [2.75, 3.05) is 12.1 Å². The molecular weight excluding hydrogens is 454 g/mol. The Hall–Kier alpha value is -3.97. The molecule has 2 N–H and O–H groups in total. The molecule has 0 aliphatic carbocycles. The summed E-state index contributed by atoms with van der Waals surface area (Å²) < 4.78 is 10.9. The van der Waals surface area contributed by atoms with Crippen LogP contribution in [0.2, 0.25) is 5.02 Å². The van der Waals surface area contributed by atoms with E-state index in [-0.39, 0.29) is 31.5 Å². The number of aromatic amines is 1. The number of ether oxygens (including phenoxy) is 2. The summed E-state index contributed by atoms with van der Waals surface area (Å²) in [6, 6.07) is 19.8. The summed E-state index contributed by atoms with van der Waals surface area (Å²) in [7, 11) is 0. The van der Waals surface area contributed by atoms with Gasteiger partial charge in [0.05, 0.1) is 17.3 Å². The van der Waals surface area contributed by atoms with Gasteiger partial charge in [-0.05, 0) is 60.3 Å². The van der Waals surface area contributed by atoms with Crippen molar-refractivity contribution in [1.29, 1.82) is 0 Å². The first-order chi connectivity index (χ1) is 16.5. The van der Waals surface area contributed by atoms with Crippen molar-refractivity contribution in [3.05, 3.63) is 98.8 Å². The van der Waals surface area contributed by atoms with Crippen LogP contribution in [-0.4, -0.2) is 22.7 Å². The van der Waals surface area contributed by atoms with E-state index in [1.165, 1.54) is 0 Å². The molecule has 2 amide bonds. The molecule has 0 radical (unpaired) electrons. The van der Waals surface area contributed by atoms with Crippen LogP contribution in [0.5, 0.6) is 11.5 Å². The number of carbonyl (C=O) groups is 1. The average molecular weight is 476 g/mol. The lowest BCUT2D eigenvalue weighted by Crippen LogP contribution is -2.35. The van der Waals surface area contributed by atoms with E-state index >= 15 is 0 Å². The van der Waals surface area contributed by atoms with Crippen LogP contribution in [0, 0.1) is 6.92 Å². The third kappa shape index (κ3) is 4.56. The number of carbonyl (C=O) groups excluding carboxylic acids is 1. The number of amides is 2. The lowest BCUT2D eigenvalue weighted by molar-refractivity contribution is 0.174. The van der Waals surface area contributed by atoms with Gasteiger partial charge in [-0.25, -0.2) is 4.79 Å². The fraction of sp³-hybridized carbons (Fsp3) is 0.154. The zero-order valence-electron chi connectivity index (χ0n) is 18.4. The van der Waals surface area contributed by atoms with Gasteiger partial charge in [-0.15, -0.1) is 0 Å². The summed E-state index contributed by atoms with van der Waals surface area (Å²) in [4.78, 5) is 30.6. The van der Waals surface area contributed by atoms with Gasteiger partial charge in [0.25, 0.3) is 5.56 Å². The fourth-order valence-electron chi connectivity index (χ4n) is 3.91. The van der Waals surface area contributed by atoms with Gasteiger partial charge in [0.2, 0.25) is 6.79 Å². The number of halogens is 1. The van der Waals surface area contributed by atoms with E-state index in [9.17, 15) is 9.59 Å². The monoisotopic (exact) mass is 475 g/mol. The Kier molecular flexibility index (Phi) is 5.86. The number of rotatable bonds is 5. The Morgan fingerprint density at radius 3 is 2.71 bits per heavy atom. The molecule has 3 aromatic carbocycles. The topological polar surface area (TPSA) is 83.7 Å². The van der Waals surface area contributed by atoms with Gasteiger partial charge >= 0.3 is 6.03 Å². The summed E-state index contributed by atoms with van der Waals surface area (Å²) in [6.07, 6.45) is 0. The maximum absolute atomic E-state index is 13.3. The molecule has 34 heavy (non-hydrogen) atoms. The zero-order valence-corrected chi connectivity index (χ0v) is 19.2. The fourth-order valence-corrected chi connectivity index (χ4v) is 4.09. The number of pyridine rings is 1. The van der Waals surface area contributed by atoms with Crippen molar-refractivity contribution in [3.8, 4) is 11.5 Å². The SMILES string of the molecule is Cc1ccc2[nH]c(=O)c(CN(Cc3ccc4c(c3)OCO4)C(=O)Nc3ccccc3Cl)cc2c1. The quantitative estimate of drug-likeness (QED) is 0.402. The minimum Gasteiger partial charge on any atom is -0.454 e. The first-order valence-corrected chi connectivity index (χ1v) is 11.2. The largest absolute Gasteiger partial charge is 0.454 e. The molecule has 0 fully saturated rings. The van der Waals surface area contributed by atoms with Gasteiger partial charge in [0.15, 0.2) is 11.5 Å². The van der Waals surface area contributed by atoms with Crippen molar-refractivity contribution < 1.29 is 14.3 Å². The van der Waals surface area contributed by atoms with Crippen LogP contribution in [0.1, 0.15) is 16.7 Å². The number of hydrogen-bond acceptors (Lipinski definition) is 4. The number of aryl methyl sites for hydroxylation is 1. The van der Waals surface area contributed by atoms with Crippen molar-refractivity contribution in [2.45, 2.75) is 20.0 Å². The van der Waals surface area contributed by atoms with E-state index in [0.29, 0.717) is 27.8 Å². The standard InChI is InChI=1S/C26H22ClN3O4/c1-16-6-8-21-18(10-16)12-19(25(31)28-21)14-30(26(32)29-22-5-3-2-4-20(22)27)13-17-7-9-23-24(11-17)34-15-33-23/h2-12H,13-15H2,1H3,(H,28,31)(H,29,32). The summed E-state index contributed by atoms with van der Waals surface area (Å²) in [5.41, 5.74) is 3.41. The first-order valence-electron chi connectivity index (χ1n) is 10.8. The van der Waals surface area contributed by atoms with Crippen molar-refractivity contribution >= 4 is 34.2 Å². The molecule has 0 bridgehead atoms. The number of nitrogens with zero attached hydrogens (tertiary/aromatic N) is 1. The van der Waals surface area contributed by atoms with Gasteiger partial charge in [0.1, 0.15) is 0 Å². The highest BCUT2D eigenvalue weighted by Gasteiger charge is 2.20. The van der Waals surface area contributed by atoms with Crippen LogP contribution in [0.4, 0.5) is 10.5 Å². The second kappa shape index (κ2) is 9.11. The van der Waals surface area contributed by atoms with Crippen LogP contribution >= 0.6 is 11.6 Å². The normalized spacial score (nSPS) is 12.1. The first kappa shape index (κ1) is 21.9. The molecule has 4 aromatic rings. The minimum atomic E-state index is -0.380. The smallest absolute Gasteiger partial charge is 0.322 e. The number of benzene rings is 3. The highest BCUT2D eigenvalue weighted by atomic mass is 35.5. The molecule has 8 heteroatoms. The Morgan fingerprint density at radius 2 is 1.85 bits per heavy atom. The van der Waals surface area contributed by atoms with E-state index in [1.54, 1.807) is 29.2 Å². The number of anilines is 1. The van der Waals surface area contributed by atoms with E-state index in [4.69, 9.17) is 21.1 Å². The molecule has 0 atom stereocenters. The third-order valence-corrected chi connectivity index (χ3v) is 5.98. The van der Waals surface area contributed by atoms with E-state index in [1.807, 2.05) is 49.4 Å². The summed E-state index contributed by atoms with van der Waals surface area (Å²) in [5.74, 6) is 1.29. The number of hydrogen-bond donors (Lipinski definition) is 2. The Bertz CT molecular complexity index is 1450. The molecule has 5 rings (SSSR count). The lowest BCUT2D eigenvalue weighted by atomic mass is 10.1. The molecule has 7 nitrogen and oxygen atoms in total. The average Bonchev–Trinajstić information content (AvgIpc) is 3.29. The number of para-hydroxylation sites is 1. The summed E-state index contributed by atoms with van der Waals surface area (Å²) >= 11 is 6.24.